The Kier molecular flexibility index (Phi) is 26.8. The van der Waals surface area contributed by atoms with Gasteiger partial charge in [-0.05, 0) is 45.0 Å². The second-order valence-electron chi connectivity index (χ2n) is 10.9. The predicted octanol–water partition coefficient (Wildman–Crippen LogP) is 11.8. The molecule has 0 unspecified atom stereocenters. The summed E-state index contributed by atoms with van der Waals surface area (Å²) in [4.78, 5) is 20.1. The van der Waals surface area contributed by atoms with Crippen molar-refractivity contribution in [1.29, 1.82) is 0 Å². The third-order valence-electron chi connectivity index (χ3n) is 6.19. The Labute approximate surface area is 315 Å². The van der Waals surface area contributed by atoms with Gasteiger partial charge in [0.1, 0.15) is 0 Å². The van der Waals surface area contributed by atoms with Crippen molar-refractivity contribution < 1.29 is 29.3 Å². The van der Waals surface area contributed by atoms with E-state index in [2.05, 4.69) is 86.7 Å². The number of carbonyl (C=O) groups excluding carboxylic acids is 1. The number of carbonyl (C=O) groups is 1. The molecule has 5 nitrogen and oxygen atoms in total. The number of nitrogens with zero attached hydrogens (tertiary/aromatic N) is 2. The summed E-state index contributed by atoms with van der Waals surface area (Å²) >= 11 is 0. The molecule has 2 aromatic heterocycles. The van der Waals surface area contributed by atoms with Crippen molar-refractivity contribution in [3.05, 3.63) is 193 Å². The van der Waals surface area contributed by atoms with E-state index in [-0.39, 0.29) is 32.9 Å². The third-order valence-corrected chi connectivity index (χ3v) is 6.19. The molecule has 50 heavy (non-hydrogen) atoms. The van der Waals surface area contributed by atoms with E-state index in [9.17, 15) is 4.79 Å². The molecular formula is C44H53N3O2Os. The fourth-order valence-corrected chi connectivity index (χ4v) is 3.81. The molecule has 0 bridgehead atoms. The van der Waals surface area contributed by atoms with Crippen molar-refractivity contribution in [1.82, 2.24) is 9.97 Å². The van der Waals surface area contributed by atoms with E-state index < -0.39 is 5.97 Å². The quantitative estimate of drug-likeness (QED) is 0.0834. The molecule has 1 N–H and O–H groups in total. The molecule has 0 aliphatic carbocycles. The van der Waals surface area contributed by atoms with Gasteiger partial charge < -0.3 is 24.3 Å². The van der Waals surface area contributed by atoms with Crippen LogP contribution in [0.1, 0.15) is 69.6 Å². The molecule has 2 heterocycles. The zero-order chi connectivity index (χ0) is 35.7. The van der Waals surface area contributed by atoms with Gasteiger partial charge in [0.05, 0.1) is 12.7 Å². The Morgan fingerprint density at radius 2 is 1.58 bits per heavy atom. The van der Waals surface area contributed by atoms with Crippen LogP contribution in [0.3, 0.4) is 0 Å². The zero-order valence-electron chi connectivity index (χ0n) is 31.1. The average Bonchev–Trinajstić information content (AvgIpc) is 3.09. The van der Waals surface area contributed by atoms with Crippen LogP contribution in [0.25, 0.3) is 22.6 Å². The fraction of sp³-hybridized carbons (Fsp3) is 0.205. The summed E-state index contributed by atoms with van der Waals surface area (Å²) in [6.45, 7) is 18.5. The van der Waals surface area contributed by atoms with Gasteiger partial charge in [-0.15, -0.1) is 52.7 Å². The van der Waals surface area contributed by atoms with Crippen molar-refractivity contribution in [2.75, 3.05) is 7.11 Å². The van der Waals surface area contributed by atoms with Gasteiger partial charge in [0.15, 0.2) is 0 Å². The number of allylic oxidation sites excluding steroid dienone is 12. The molecule has 0 aliphatic rings. The number of ether oxygens (including phenoxy) is 1. The molecule has 6 heteroatoms. The minimum atomic E-state index is -0.489. The van der Waals surface area contributed by atoms with Crippen LogP contribution in [0.5, 0.6) is 0 Å². The predicted molar refractivity (Wildman–Crippen MR) is 212 cm³/mol. The Balaban J connectivity index is 0. The maximum Gasteiger partial charge on any atom is 4.00 e. The minimum Gasteiger partial charge on any atom is -0.697 e. The summed E-state index contributed by atoms with van der Waals surface area (Å²) < 4.78 is 4.76. The number of benzene rings is 1. The Bertz CT molecular complexity index is 1640. The number of rotatable bonds is 11. The van der Waals surface area contributed by atoms with Gasteiger partial charge in [0.25, 0.3) is 0 Å². The van der Waals surface area contributed by atoms with Gasteiger partial charge in [0, 0.05) is 30.2 Å². The van der Waals surface area contributed by atoms with E-state index in [0.29, 0.717) is 17.7 Å². The monoisotopic (exact) mass is 847 g/mol. The first kappa shape index (κ1) is 47.5. The number of hydrogen-bond acceptors (Lipinski definition) is 4. The van der Waals surface area contributed by atoms with Crippen molar-refractivity contribution in [3.8, 4) is 0 Å². The molecule has 0 spiro atoms. The van der Waals surface area contributed by atoms with Crippen molar-refractivity contribution in [3.63, 3.8) is 0 Å². The number of pyridine rings is 2. The van der Waals surface area contributed by atoms with E-state index in [4.69, 9.17) is 10.5 Å². The summed E-state index contributed by atoms with van der Waals surface area (Å²) in [7, 11) is 1.31. The molecule has 0 amide bonds. The first-order valence-electron chi connectivity index (χ1n) is 15.8. The molecule has 0 fully saturated rings. The standard InChI is InChI=1S/C23H27.C17H16N3O2.C3H7.CH3.Os/c1-7-8-9-13-20(5)22-15-19(4)16-23(17-22)21(6)14-11-10-12-18(2)3;1-22-17(21)13(8-9-14-6-2-4-10-19-14)12-15(18)16-7-3-5-11-20-16;1-3-2;;/h7-16H,5H2,1-4,6H3;2-8,10-12,18H,9H2,1H3;3H,1-2H3;1H3;/q4*-1;+4/b8-7-,11-10-,13-9-,21-14+;13-8+,15-12-;;;. The number of aromatic nitrogens is 2. The SMILES string of the molecule is C=C(/C=C\C=C/C)c1[c-]c(/C(C)=C/C=C\C=C(C)C)cc(C)c1.COC(=O)C(/C=C(\[NH-])c1ccccn1)=C/Cc1ccccn1.C[CH-]C.[CH3-].[Os+4]. The number of esters is 1. The summed E-state index contributed by atoms with van der Waals surface area (Å²) in [5.74, 6) is -0.489. The van der Waals surface area contributed by atoms with Gasteiger partial charge >= 0.3 is 25.8 Å². The van der Waals surface area contributed by atoms with E-state index in [0.717, 1.165) is 22.4 Å². The van der Waals surface area contributed by atoms with Gasteiger partial charge in [-0.1, -0.05) is 97.9 Å². The molecular weight excluding hydrogens is 793 g/mol. The van der Waals surface area contributed by atoms with E-state index in [1.165, 1.54) is 29.9 Å². The molecule has 0 saturated carbocycles. The smallest absolute Gasteiger partial charge is 0.697 e. The molecule has 264 valence electrons. The van der Waals surface area contributed by atoms with Crippen LogP contribution in [-0.4, -0.2) is 23.0 Å². The Morgan fingerprint density at radius 1 is 0.960 bits per heavy atom. The van der Waals surface area contributed by atoms with Crippen molar-refractivity contribution in [2.24, 2.45) is 0 Å². The van der Waals surface area contributed by atoms with Crippen LogP contribution in [0.2, 0.25) is 0 Å². The Morgan fingerprint density at radius 3 is 2.14 bits per heavy atom. The third kappa shape index (κ3) is 20.0. The summed E-state index contributed by atoms with van der Waals surface area (Å²) in [6.07, 6.45) is 25.3. The number of methoxy groups -OCH3 is 1. The second kappa shape index (κ2) is 28.2. The topological polar surface area (TPSA) is 75.9 Å². The van der Waals surface area contributed by atoms with Crippen LogP contribution in [0.4, 0.5) is 0 Å². The van der Waals surface area contributed by atoms with Gasteiger partial charge in [-0.3, -0.25) is 9.97 Å². The molecule has 1 aromatic carbocycles. The maximum atomic E-state index is 11.8. The van der Waals surface area contributed by atoms with Crippen LogP contribution in [0.15, 0.2) is 139 Å². The van der Waals surface area contributed by atoms with E-state index in [1.54, 1.807) is 36.7 Å². The van der Waals surface area contributed by atoms with Crippen LogP contribution in [-0.2, 0) is 35.7 Å². The Hall–Kier alpha value is -4.65. The van der Waals surface area contributed by atoms with E-state index >= 15 is 0 Å². The van der Waals surface area contributed by atoms with Crippen LogP contribution in [0, 0.1) is 26.8 Å². The molecule has 3 aromatic rings. The summed E-state index contributed by atoms with van der Waals surface area (Å²) in [6, 6.07) is 18.6. The minimum absolute atomic E-state index is 0. The van der Waals surface area contributed by atoms with Crippen molar-refractivity contribution in [2.45, 2.75) is 54.9 Å². The first-order valence-corrected chi connectivity index (χ1v) is 15.8. The van der Waals surface area contributed by atoms with Gasteiger partial charge in [-0.2, -0.15) is 13.8 Å². The molecule has 0 atom stereocenters. The average molecular weight is 846 g/mol. The van der Waals surface area contributed by atoms with Crippen LogP contribution < -0.4 is 0 Å². The maximum absolute atomic E-state index is 11.8. The van der Waals surface area contributed by atoms with Gasteiger partial charge in [0.2, 0.25) is 0 Å². The molecule has 0 saturated heterocycles. The van der Waals surface area contributed by atoms with Crippen molar-refractivity contribution >= 4 is 22.8 Å². The zero-order valence-corrected chi connectivity index (χ0v) is 33.6. The number of aryl methyl sites for hydroxylation is 1. The van der Waals surface area contributed by atoms with Crippen LogP contribution >= 0.6 is 0 Å². The number of nitrogens with one attached hydrogen (secondary N) is 1. The summed E-state index contributed by atoms with van der Waals surface area (Å²) in [5.41, 5.74) is 16.7. The molecule has 0 radical (unpaired) electrons. The largest absolute Gasteiger partial charge is 4.00 e. The summed E-state index contributed by atoms with van der Waals surface area (Å²) in [5, 5.41) is 0. The second-order valence-corrected chi connectivity index (χ2v) is 10.9. The first-order chi connectivity index (χ1) is 23.1. The fourth-order valence-electron chi connectivity index (χ4n) is 3.81. The molecule has 0 aliphatic heterocycles. The van der Waals surface area contributed by atoms with E-state index in [1.807, 2.05) is 69.7 Å². The molecule has 3 rings (SSSR count). The normalized spacial score (nSPS) is 11.4. The number of hydrogen-bond donors (Lipinski definition) is 0. The van der Waals surface area contributed by atoms with Gasteiger partial charge in [-0.25, -0.2) is 4.79 Å².